The van der Waals surface area contributed by atoms with Gasteiger partial charge in [-0.15, -0.1) is 0 Å². The molecule has 1 atom stereocenters. The molecule has 0 spiro atoms. The lowest BCUT2D eigenvalue weighted by molar-refractivity contribution is 0.0476. The number of hydrogen-bond donors (Lipinski definition) is 2. The van der Waals surface area contributed by atoms with Gasteiger partial charge in [-0.25, -0.2) is 0 Å². The molecule has 0 saturated carbocycles. The lowest BCUT2D eigenvalue weighted by Crippen LogP contribution is -2.40. The van der Waals surface area contributed by atoms with E-state index in [1.54, 1.807) is 42.5 Å². The molecule has 1 unspecified atom stereocenters. The van der Waals surface area contributed by atoms with E-state index in [9.17, 15) is 9.90 Å². The summed E-state index contributed by atoms with van der Waals surface area (Å²) >= 11 is 9.15. The summed E-state index contributed by atoms with van der Waals surface area (Å²) < 4.78 is 0.793. The number of rotatable bonds is 1. The molecule has 1 aliphatic heterocycles. The first-order chi connectivity index (χ1) is 9.00. The minimum absolute atomic E-state index is 0.297. The molecule has 1 heterocycles. The van der Waals surface area contributed by atoms with Crippen molar-refractivity contribution in [3.05, 3.63) is 68.7 Å². The second-order valence-corrected chi connectivity index (χ2v) is 5.71. The highest BCUT2D eigenvalue weighted by Gasteiger charge is 2.42. The van der Waals surface area contributed by atoms with Crippen molar-refractivity contribution in [1.82, 2.24) is 5.32 Å². The van der Waals surface area contributed by atoms with Crippen molar-refractivity contribution in [3.8, 4) is 0 Å². The molecular formula is C14H9BrClNO2. The Morgan fingerprint density at radius 1 is 1.16 bits per heavy atom. The Morgan fingerprint density at radius 2 is 1.84 bits per heavy atom. The number of halogens is 2. The van der Waals surface area contributed by atoms with Crippen molar-refractivity contribution in [2.75, 3.05) is 0 Å². The lowest BCUT2D eigenvalue weighted by Gasteiger charge is -2.24. The average Bonchev–Trinajstić information content (AvgIpc) is 2.63. The number of nitrogens with one attached hydrogen (secondary N) is 1. The molecule has 19 heavy (non-hydrogen) atoms. The van der Waals surface area contributed by atoms with Crippen molar-refractivity contribution < 1.29 is 9.90 Å². The summed E-state index contributed by atoms with van der Waals surface area (Å²) in [5.41, 5.74) is 0.0821. The van der Waals surface area contributed by atoms with Crippen LogP contribution in [-0.4, -0.2) is 11.0 Å². The monoisotopic (exact) mass is 337 g/mol. The van der Waals surface area contributed by atoms with Crippen LogP contribution in [0.5, 0.6) is 0 Å². The summed E-state index contributed by atoms with van der Waals surface area (Å²) in [6.07, 6.45) is 0. The molecule has 0 fully saturated rings. The summed E-state index contributed by atoms with van der Waals surface area (Å²) in [4.78, 5) is 12.0. The molecule has 5 heteroatoms. The van der Waals surface area contributed by atoms with E-state index in [1.807, 2.05) is 0 Å². The van der Waals surface area contributed by atoms with E-state index in [1.165, 1.54) is 0 Å². The molecule has 3 nitrogen and oxygen atoms in total. The molecule has 0 radical (unpaired) electrons. The molecular weight excluding hydrogens is 330 g/mol. The fourth-order valence-corrected chi connectivity index (χ4v) is 2.72. The summed E-state index contributed by atoms with van der Waals surface area (Å²) in [6, 6.07) is 12.0. The van der Waals surface area contributed by atoms with E-state index in [0.29, 0.717) is 21.7 Å². The predicted octanol–water partition coefficient (Wildman–Crippen LogP) is 3.04. The predicted molar refractivity (Wildman–Crippen MR) is 76.1 cm³/mol. The van der Waals surface area contributed by atoms with Crippen molar-refractivity contribution in [1.29, 1.82) is 0 Å². The Bertz CT molecular complexity index is 672. The maximum absolute atomic E-state index is 12.0. The van der Waals surface area contributed by atoms with Gasteiger partial charge >= 0.3 is 0 Å². The van der Waals surface area contributed by atoms with Gasteiger partial charge in [0, 0.05) is 26.2 Å². The fourth-order valence-electron chi connectivity index (χ4n) is 2.24. The fraction of sp³-hybridized carbons (Fsp3) is 0.0714. The van der Waals surface area contributed by atoms with E-state index < -0.39 is 5.72 Å². The molecule has 2 aromatic rings. The van der Waals surface area contributed by atoms with Crippen LogP contribution in [0.3, 0.4) is 0 Å². The van der Waals surface area contributed by atoms with Crippen LogP contribution in [0.25, 0.3) is 0 Å². The van der Waals surface area contributed by atoms with E-state index in [0.717, 1.165) is 4.47 Å². The number of carbonyl (C=O) groups excluding carboxylic acids is 1. The second-order valence-electron chi connectivity index (χ2n) is 4.36. The Hall–Kier alpha value is -1.36. The zero-order valence-electron chi connectivity index (χ0n) is 9.65. The highest BCUT2D eigenvalue weighted by atomic mass is 79.9. The number of benzene rings is 2. The van der Waals surface area contributed by atoms with Gasteiger partial charge in [0.25, 0.3) is 5.91 Å². The smallest absolute Gasteiger partial charge is 0.254 e. The van der Waals surface area contributed by atoms with Crippen LogP contribution >= 0.6 is 27.5 Å². The van der Waals surface area contributed by atoms with Crippen molar-refractivity contribution in [3.63, 3.8) is 0 Å². The first-order valence-electron chi connectivity index (χ1n) is 5.62. The zero-order chi connectivity index (χ0) is 13.6. The third-order valence-electron chi connectivity index (χ3n) is 3.17. The van der Waals surface area contributed by atoms with Gasteiger partial charge in [0.05, 0.1) is 0 Å². The minimum Gasteiger partial charge on any atom is -0.363 e. The largest absolute Gasteiger partial charge is 0.363 e. The van der Waals surface area contributed by atoms with Gasteiger partial charge < -0.3 is 10.4 Å². The van der Waals surface area contributed by atoms with Gasteiger partial charge in [0.15, 0.2) is 5.72 Å². The van der Waals surface area contributed by atoms with Gasteiger partial charge in [-0.3, -0.25) is 4.79 Å². The third kappa shape index (κ3) is 1.96. The van der Waals surface area contributed by atoms with Crippen LogP contribution in [0.1, 0.15) is 21.5 Å². The Morgan fingerprint density at radius 3 is 2.53 bits per heavy atom. The molecule has 1 amide bonds. The van der Waals surface area contributed by atoms with Crippen LogP contribution in [0.2, 0.25) is 5.02 Å². The van der Waals surface area contributed by atoms with Crippen LogP contribution < -0.4 is 5.32 Å². The quantitative estimate of drug-likeness (QED) is 0.839. The van der Waals surface area contributed by atoms with Gasteiger partial charge in [0.2, 0.25) is 0 Å². The molecule has 0 saturated heterocycles. The third-order valence-corrected chi connectivity index (χ3v) is 3.92. The summed E-state index contributed by atoms with van der Waals surface area (Å²) in [6.45, 7) is 0. The van der Waals surface area contributed by atoms with E-state index >= 15 is 0 Å². The molecule has 0 aromatic heterocycles. The summed E-state index contributed by atoms with van der Waals surface area (Å²) in [7, 11) is 0. The maximum Gasteiger partial charge on any atom is 0.254 e. The van der Waals surface area contributed by atoms with Crippen LogP contribution in [0.15, 0.2) is 46.9 Å². The standard InChI is InChI=1S/C14H9BrClNO2/c15-9-3-6-12-11(7-9)13(18)17-14(12,19)8-1-4-10(16)5-2-8/h1-7,19H,(H,17,18). The van der Waals surface area contributed by atoms with Crippen LogP contribution in [-0.2, 0) is 5.72 Å². The number of amides is 1. The Kier molecular flexibility index (Phi) is 2.89. The molecule has 96 valence electrons. The number of aliphatic hydroxyl groups is 1. The maximum atomic E-state index is 12.0. The molecule has 3 rings (SSSR count). The summed E-state index contributed by atoms with van der Waals surface area (Å²) in [5.74, 6) is -0.297. The average molecular weight is 339 g/mol. The van der Waals surface area contributed by atoms with Gasteiger partial charge in [-0.2, -0.15) is 0 Å². The second kappa shape index (κ2) is 4.34. The van der Waals surface area contributed by atoms with Gasteiger partial charge in [0.1, 0.15) is 0 Å². The molecule has 2 N–H and O–H groups in total. The van der Waals surface area contributed by atoms with E-state index in [2.05, 4.69) is 21.2 Å². The highest BCUT2D eigenvalue weighted by molar-refractivity contribution is 9.10. The Balaban J connectivity index is 2.17. The highest BCUT2D eigenvalue weighted by Crippen LogP contribution is 2.36. The van der Waals surface area contributed by atoms with Crippen LogP contribution in [0, 0.1) is 0 Å². The minimum atomic E-state index is -1.50. The first-order valence-corrected chi connectivity index (χ1v) is 6.79. The van der Waals surface area contributed by atoms with Crippen molar-refractivity contribution >= 4 is 33.4 Å². The number of carbonyl (C=O) groups is 1. The summed E-state index contributed by atoms with van der Waals surface area (Å²) in [5, 5.41) is 14.0. The Labute approximate surface area is 123 Å². The molecule has 0 aliphatic carbocycles. The number of fused-ring (bicyclic) bond motifs is 1. The van der Waals surface area contributed by atoms with Crippen molar-refractivity contribution in [2.45, 2.75) is 5.72 Å². The van der Waals surface area contributed by atoms with Gasteiger partial charge in [-0.05, 0) is 24.3 Å². The molecule has 0 bridgehead atoms. The first kappa shape index (κ1) is 12.7. The normalized spacial score (nSPS) is 21.1. The topological polar surface area (TPSA) is 49.3 Å². The van der Waals surface area contributed by atoms with Crippen molar-refractivity contribution in [2.24, 2.45) is 0 Å². The van der Waals surface area contributed by atoms with Gasteiger partial charge in [-0.1, -0.05) is 45.7 Å². The SMILES string of the molecule is O=C1NC(O)(c2ccc(Cl)cc2)c2ccc(Br)cc21. The van der Waals surface area contributed by atoms with E-state index in [4.69, 9.17) is 11.6 Å². The lowest BCUT2D eigenvalue weighted by atomic mass is 9.95. The number of hydrogen-bond acceptors (Lipinski definition) is 2. The van der Waals surface area contributed by atoms with E-state index in [-0.39, 0.29) is 5.91 Å². The molecule has 1 aliphatic rings. The molecule has 2 aromatic carbocycles. The van der Waals surface area contributed by atoms with Crippen LogP contribution in [0.4, 0.5) is 0 Å². The zero-order valence-corrected chi connectivity index (χ0v) is 12.0.